The summed E-state index contributed by atoms with van der Waals surface area (Å²) in [5.41, 5.74) is 0. The molecule has 1 amide bonds. The van der Waals surface area contributed by atoms with Crippen molar-refractivity contribution < 1.29 is 14.3 Å². The fourth-order valence-corrected chi connectivity index (χ4v) is 1.25. The molecule has 0 aliphatic carbocycles. The average molecular weight is 229 g/mol. The van der Waals surface area contributed by atoms with E-state index in [0.29, 0.717) is 5.92 Å². The highest BCUT2D eigenvalue weighted by molar-refractivity contribution is 5.79. The molecular formula is C12H23NO3. The Morgan fingerprint density at radius 3 is 2.38 bits per heavy atom. The number of hydrogen-bond acceptors (Lipinski definition) is 3. The predicted molar refractivity (Wildman–Crippen MR) is 63.2 cm³/mol. The van der Waals surface area contributed by atoms with Crippen molar-refractivity contribution in [2.24, 2.45) is 5.92 Å². The lowest BCUT2D eigenvalue weighted by atomic mass is 10.1. The quantitative estimate of drug-likeness (QED) is 0.633. The lowest BCUT2D eigenvalue weighted by Gasteiger charge is -2.17. The van der Waals surface area contributed by atoms with Crippen LogP contribution in [0.3, 0.4) is 0 Å². The van der Waals surface area contributed by atoms with Gasteiger partial charge in [0.2, 0.25) is 5.91 Å². The van der Waals surface area contributed by atoms with Gasteiger partial charge in [-0.25, -0.2) is 0 Å². The molecule has 0 fully saturated rings. The van der Waals surface area contributed by atoms with E-state index in [0.717, 1.165) is 19.4 Å². The SMILES string of the molecule is CC(=O)COCC(=O)N(C)CCCC(C)C. The van der Waals surface area contributed by atoms with Crippen molar-refractivity contribution in [3.63, 3.8) is 0 Å². The molecule has 4 nitrogen and oxygen atoms in total. The van der Waals surface area contributed by atoms with Crippen LogP contribution >= 0.6 is 0 Å². The predicted octanol–water partition coefficient (Wildman–Crippen LogP) is 1.49. The van der Waals surface area contributed by atoms with Crippen LogP contribution in [-0.4, -0.2) is 43.4 Å². The number of likely N-dealkylation sites (N-methyl/N-ethyl adjacent to an activating group) is 1. The van der Waals surface area contributed by atoms with Crippen molar-refractivity contribution in [1.82, 2.24) is 4.90 Å². The van der Waals surface area contributed by atoms with Crippen molar-refractivity contribution in [2.75, 3.05) is 26.8 Å². The van der Waals surface area contributed by atoms with Crippen LogP contribution in [0.1, 0.15) is 33.6 Å². The molecule has 0 atom stereocenters. The van der Waals surface area contributed by atoms with E-state index in [-0.39, 0.29) is 24.9 Å². The van der Waals surface area contributed by atoms with Crippen LogP contribution in [0.4, 0.5) is 0 Å². The first-order valence-corrected chi connectivity index (χ1v) is 5.74. The minimum atomic E-state index is -0.0648. The normalized spacial score (nSPS) is 10.6. The van der Waals surface area contributed by atoms with Gasteiger partial charge in [0.25, 0.3) is 0 Å². The molecule has 0 aliphatic rings. The Morgan fingerprint density at radius 1 is 1.25 bits per heavy atom. The zero-order valence-electron chi connectivity index (χ0n) is 10.8. The van der Waals surface area contributed by atoms with Crippen molar-refractivity contribution >= 4 is 11.7 Å². The third kappa shape index (κ3) is 8.41. The van der Waals surface area contributed by atoms with E-state index in [4.69, 9.17) is 4.74 Å². The fourth-order valence-electron chi connectivity index (χ4n) is 1.25. The third-order valence-electron chi connectivity index (χ3n) is 2.23. The van der Waals surface area contributed by atoms with Crippen LogP contribution in [0.25, 0.3) is 0 Å². The van der Waals surface area contributed by atoms with E-state index in [1.807, 2.05) is 0 Å². The summed E-state index contributed by atoms with van der Waals surface area (Å²) in [5.74, 6) is 0.540. The van der Waals surface area contributed by atoms with E-state index in [1.165, 1.54) is 6.92 Å². The minimum Gasteiger partial charge on any atom is -0.364 e. The maximum atomic E-state index is 11.5. The molecule has 0 unspecified atom stereocenters. The number of amides is 1. The summed E-state index contributed by atoms with van der Waals surface area (Å²) >= 11 is 0. The number of nitrogens with zero attached hydrogens (tertiary/aromatic N) is 1. The first-order chi connectivity index (χ1) is 7.43. The van der Waals surface area contributed by atoms with Gasteiger partial charge in [-0.15, -0.1) is 0 Å². The monoisotopic (exact) mass is 229 g/mol. The molecule has 16 heavy (non-hydrogen) atoms. The Bertz CT molecular complexity index is 226. The van der Waals surface area contributed by atoms with Gasteiger partial charge in [0.05, 0.1) is 0 Å². The van der Waals surface area contributed by atoms with Gasteiger partial charge in [-0.3, -0.25) is 9.59 Å². The molecule has 0 aromatic rings. The fraction of sp³-hybridized carbons (Fsp3) is 0.833. The van der Waals surface area contributed by atoms with E-state index in [2.05, 4.69) is 13.8 Å². The second-order valence-corrected chi connectivity index (χ2v) is 4.55. The smallest absolute Gasteiger partial charge is 0.248 e. The van der Waals surface area contributed by atoms with Crippen LogP contribution in [0.15, 0.2) is 0 Å². The molecule has 0 aromatic carbocycles. The molecule has 0 N–H and O–H groups in total. The highest BCUT2D eigenvalue weighted by Gasteiger charge is 2.08. The molecule has 4 heteroatoms. The Kier molecular flexibility index (Phi) is 7.81. The first kappa shape index (κ1) is 15.1. The zero-order valence-corrected chi connectivity index (χ0v) is 10.8. The molecule has 0 saturated heterocycles. The van der Waals surface area contributed by atoms with E-state index in [9.17, 15) is 9.59 Å². The Hall–Kier alpha value is -0.900. The largest absolute Gasteiger partial charge is 0.364 e. The summed E-state index contributed by atoms with van der Waals surface area (Å²) < 4.78 is 4.96. The number of hydrogen-bond donors (Lipinski definition) is 0. The summed E-state index contributed by atoms with van der Waals surface area (Å²) in [4.78, 5) is 23.7. The van der Waals surface area contributed by atoms with Crippen LogP contribution in [0.2, 0.25) is 0 Å². The summed E-state index contributed by atoms with van der Waals surface area (Å²) in [6.45, 7) is 6.54. The Morgan fingerprint density at radius 2 is 1.88 bits per heavy atom. The molecule has 0 saturated carbocycles. The highest BCUT2D eigenvalue weighted by Crippen LogP contribution is 2.04. The molecular weight excluding hydrogens is 206 g/mol. The van der Waals surface area contributed by atoms with E-state index < -0.39 is 0 Å². The average Bonchev–Trinajstić information content (AvgIpc) is 2.16. The summed E-state index contributed by atoms with van der Waals surface area (Å²) in [7, 11) is 1.76. The molecule has 0 aliphatic heterocycles. The number of carbonyl (C=O) groups is 2. The standard InChI is InChI=1S/C12H23NO3/c1-10(2)6-5-7-13(4)12(15)9-16-8-11(3)14/h10H,5-9H2,1-4H3. The van der Waals surface area contributed by atoms with Gasteiger partial charge in [0.1, 0.15) is 13.2 Å². The highest BCUT2D eigenvalue weighted by atomic mass is 16.5. The summed E-state index contributed by atoms with van der Waals surface area (Å²) in [6.07, 6.45) is 2.12. The maximum Gasteiger partial charge on any atom is 0.248 e. The first-order valence-electron chi connectivity index (χ1n) is 5.74. The summed E-state index contributed by atoms with van der Waals surface area (Å²) in [6, 6.07) is 0. The molecule has 94 valence electrons. The van der Waals surface area contributed by atoms with Gasteiger partial charge in [-0.2, -0.15) is 0 Å². The minimum absolute atomic E-state index is 0.00222. The van der Waals surface area contributed by atoms with Gasteiger partial charge in [-0.05, 0) is 25.7 Å². The lowest BCUT2D eigenvalue weighted by molar-refractivity contribution is -0.136. The third-order valence-corrected chi connectivity index (χ3v) is 2.23. The second kappa shape index (κ2) is 8.28. The summed E-state index contributed by atoms with van der Waals surface area (Å²) in [5, 5.41) is 0. The van der Waals surface area contributed by atoms with E-state index >= 15 is 0 Å². The number of Topliss-reactive ketones (excluding diaryl/α,β-unsaturated/α-hetero) is 1. The van der Waals surface area contributed by atoms with Crippen LogP contribution in [0, 0.1) is 5.92 Å². The number of ether oxygens (including phenoxy) is 1. The molecule has 0 spiro atoms. The van der Waals surface area contributed by atoms with Gasteiger partial charge in [-0.1, -0.05) is 13.8 Å². The topological polar surface area (TPSA) is 46.6 Å². The van der Waals surface area contributed by atoms with Gasteiger partial charge < -0.3 is 9.64 Å². The molecule has 0 rings (SSSR count). The van der Waals surface area contributed by atoms with Crippen molar-refractivity contribution in [2.45, 2.75) is 33.6 Å². The van der Waals surface area contributed by atoms with Crippen molar-refractivity contribution in [1.29, 1.82) is 0 Å². The van der Waals surface area contributed by atoms with Crippen molar-refractivity contribution in [3.8, 4) is 0 Å². The van der Waals surface area contributed by atoms with Crippen LogP contribution in [-0.2, 0) is 14.3 Å². The molecule has 0 radical (unpaired) electrons. The number of ketones is 1. The van der Waals surface area contributed by atoms with Gasteiger partial charge >= 0.3 is 0 Å². The Balaban J connectivity index is 3.61. The second-order valence-electron chi connectivity index (χ2n) is 4.55. The maximum absolute atomic E-state index is 11.5. The van der Waals surface area contributed by atoms with Gasteiger partial charge in [0, 0.05) is 13.6 Å². The number of carbonyl (C=O) groups excluding carboxylic acids is 2. The van der Waals surface area contributed by atoms with Crippen LogP contribution < -0.4 is 0 Å². The molecule has 0 bridgehead atoms. The lowest BCUT2D eigenvalue weighted by Crippen LogP contribution is -2.31. The Labute approximate surface area is 98.0 Å². The van der Waals surface area contributed by atoms with Crippen molar-refractivity contribution in [3.05, 3.63) is 0 Å². The van der Waals surface area contributed by atoms with E-state index in [1.54, 1.807) is 11.9 Å². The molecule has 0 heterocycles. The van der Waals surface area contributed by atoms with Gasteiger partial charge in [0.15, 0.2) is 5.78 Å². The van der Waals surface area contributed by atoms with Crippen LogP contribution in [0.5, 0.6) is 0 Å². The zero-order chi connectivity index (χ0) is 12.6. The molecule has 0 aromatic heterocycles. The number of rotatable bonds is 8.